The van der Waals surface area contributed by atoms with Crippen LogP contribution in [0.5, 0.6) is 0 Å². The Labute approximate surface area is 165 Å². The third-order valence-corrected chi connectivity index (χ3v) is 5.44. The predicted molar refractivity (Wildman–Crippen MR) is 95.6 cm³/mol. The van der Waals surface area contributed by atoms with Crippen LogP contribution in [0.2, 0.25) is 5.02 Å². The van der Waals surface area contributed by atoms with Gasteiger partial charge in [0.25, 0.3) is 5.91 Å². The summed E-state index contributed by atoms with van der Waals surface area (Å²) in [5.41, 5.74) is 6.06. The van der Waals surface area contributed by atoms with Crippen LogP contribution in [0.3, 0.4) is 0 Å². The maximum Gasteiger partial charge on any atom is 0.411 e. The average Bonchev–Trinajstić information content (AvgIpc) is 2.99. The highest BCUT2D eigenvalue weighted by molar-refractivity contribution is 6.30. The van der Waals surface area contributed by atoms with Crippen molar-refractivity contribution in [1.29, 1.82) is 0 Å². The number of cyclic esters (lactones) is 1. The molecule has 28 heavy (non-hydrogen) atoms. The summed E-state index contributed by atoms with van der Waals surface area (Å²) >= 11 is 5.96. The molecule has 0 aromatic heterocycles. The van der Waals surface area contributed by atoms with Gasteiger partial charge in [0.05, 0.1) is 19.1 Å². The van der Waals surface area contributed by atoms with Crippen LogP contribution in [0.4, 0.5) is 18.0 Å². The number of primary amides is 1. The van der Waals surface area contributed by atoms with Crippen molar-refractivity contribution < 1.29 is 27.5 Å². The molecular weight excluding hydrogens is 399 g/mol. The molecule has 6 nitrogen and oxygen atoms in total. The monoisotopic (exact) mass is 419 g/mol. The van der Waals surface area contributed by atoms with Gasteiger partial charge in [-0.1, -0.05) is 23.7 Å². The number of rotatable bonds is 5. The van der Waals surface area contributed by atoms with E-state index in [1.54, 1.807) is 24.3 Å². The number of ether oxygens (including phenoxy) is 1. The Balaban J connectivity index is 1.79. The molecule has 3 rings (SSSR count). The Bertz CT molecular complexity index is 721. The van der Waals surface area contributed by atoms with Crippen molar-refractivity contribution in [3.05, 3.63) is 34.9 Å². The number of carbonyl (C=O) groups is 2. The van der Waals surface area contributed by atoms with E-state index in [-0.39, 0.29) is 25.6 Å². The lowest BCUT2D eigenvalue weighted by Crippen LogP contribution is -2.44. The molecule has 1 aromatic rings. The summed E-state index contributed by atoms with van der Waals surface area (Å²) in [6.07, 6.45) is -4.97. The number of nitrogens with zero attached hydrogens (tertiary/aromatic N) is 2. The molecular formula is C18H21ClF3N3O3. The predicted octanol–water partition coefficient (Wildman–Crippen LogP) is 2.96. The van der Waals surface area contributed by atoms with Crippen molar-refractivity contribution in [2.45, 2.75) is 31.2 Å². The molecule has 0 saturated carbocycles. The van der Waals surface area contributed by atoms with Gasteiger partial charge in [0, 0.05) is 5.02 Å². The third-order valence-electron chi connectivity index (χ3n) is 5.19. The van der Waals surface area contributed by atoms with E-state index in [1.807, 2.05) is 0 Å². The lowest BCUT2D eigenvalue weighted by molar-refractivity contribution is -0.149. The second kappa shape index (κ2) is 8.16. The molecule has 0 bridgehead atoms. The molecule has 154 valence electrons. The summed E-state index contributed by atoms with van der Waals surface area (Å²) in [5, 5.41) is 0.529. The van der Waals surface area contributed by atoms with Gasteiger partial charge in [-0.25, -0.2) is 4.79 Å². The van der Waals surface area contributed by atoms with Gasteiger partial charge in [-0.05, 0) is 49.5 Å². The largest absolute Gasteiger partial charge is 0.434 e. The molecule has 0 spiro atoms. The van der Waals surface area contributed by atoms with Crippen LogP contribution < -0.4 is 5.73 Å². The minimum atomic E-state index is -4.24. The maximum absolute atomic E-state index is 12.6. The summed E-state index contributed by atoms with van der Waals surface area (Å²) in [5.74, 6) is -0.810. The van der Waals surface area contributed by atoms with E-state index < -0.39 is 36.9 Å². The molecule has 2 heterocycles. The summed E-state index contributed by atoms with van der Waals surface area (Å²) in [7, 11) is 0. The smallest absolute Gasteiger partial charge is 0.411 e. The van der Waals surface area contributed by atoms with Gasteiger partial charge in [-0.2, -0.15) is 13.2 Å². The molecule has 2 aliphatic rings. The summed E-state index contributed by atoms with van der Waals surface area (Å²) < 4.78 is 43.0. The number of hydrogen-bond donors (Lipinski definition) is 1. The standard InChI is InChI=1S/C18H21ClF3N3O3/c19-13-3-1-11(2-4-13)15(25-9-14(16(23)26)28-17(25)27)12-5-7-24(8-6-12)10-18(20,21)22/h1-4,12,14-15H,5-10H2,(H2,23,26)/t14?,15-/m0/s1. The van der Waals surface area contributed by atoms with Gasteiger partial charge in [0.1, 0.15) is 0 Å². The van der Waals surface area contributed by atoms with Crippen LogP contribution in [0.25, 0.3) is 0 Å². The van der Waals surface area contributed by atoms with Crippen molar-refractivity contribution in [3.8, 4) is 0 Å². The van der Waals surface area contributed by atoms with E-state index in [0.717, 1.165) is 5.56 Å². The third kappa shape index (κ3) is 4.88. The van der Waals surface area contributed by atoms with Gasteiger partial charge in [-0.3, -0.25) is 14.6 Å². The van der Waals surface area contributed by atoms with E-state index in [9.17, 15) is 22.8 Å². The van der Waals surface area contributed by atoms with Crippen LogP contribution in [0.1, 0.15) is 24.4 Å². The second-order valence-electron chi connectivity index (χ2n) is 7.15. The van der Waals surface area contributed by atoms with Crippen molar-refractivity contribution in [2.75, 3.05) is 26.2 Å². The molecule has 2 aliphatic heterocycles. The SMILES string of the molecule is NC(=O)C1CN([C@@H](c2ccc(Cl)cc2)C2CCN(CC(F)(F)F)CC2)C(=O)O1. The Morgan fingerprint density at radius 1 is 1.25 bits per heavy atom. The zero-order valence-corrected chi connectivity index (χ0v) is 15.7. The van der Waals surface area contributed by atoms with Crippen molar-refractivity contribution in [1.82, 2.24) is 9.80 Å². The first-order valence-electron chi connectivity index (χ1n) is 8.95. The Kier molecular flexibility index (Phi) is 6.04. The summed E-state index contributed by atoms with van der Waals surface area (Å²) in [6.45, 7) is -0.377. The topological polar surface area (TPSA) is 75.9 Å². The first-order valence-corrected chi connectivity index (χ1v) is 9.33. The van der Waals surface area contributed by atoms with E-state index in [0.29, 0.717) is 17.9 Å². The van der Waals surface area contributed by atoms with E-state index in [4.69, 9.17) is 22.1 Å². The van der Waals surface area contributed by atoms with Crippen LogP contribution in [-0.4, -0.2) is 60.3 Å². The zero-order chi connectivity index (χ0) is 20.5. The van der Waals surface area contributed by atoms with Crippen molar-refractivity contribution in [2.24, 2.45) is 11.7 Å². The fraction of sp³-hybridized carbons (Fsp3) is 0.556. The fourth-order valence-corrected chi connectivity index (χ4v) is 4.03. The highest BCUT2D eigenvalue weighted by atomic mass is 35.5. The number of nitrogens with two attached hydrogens (primary N) is 1. The van der Waals surface area contributed by atoms with Gasteiger partial charge in [0.2, 0.25) is 0 Å². The number of hydrogen-bond acceptors (Lipinski definition) is 4. The Hall–Kier alpha value is -2.00. The lowest BCUT2D eigenvalue weighted by Gasteiger charge is -2.39. The molecule has 1 aromatic carbocycles. The molecule has 10 heteroatoms. The number of carbonyl (C=O) groups excluding carboxylic acids is 2. The zero-order valence-electron chi connectivity index (χ0n) is 15.0. The molecule has 0 aliphatic carbocycles. The Morgan fingerprint density at radius 2 is 1.86 bits per heavy atom. The summed E-state index contributed by atoms with van der Waals surface area (Å²) in [4.78, 5) is 26.6. The molecule has 2 amide bonds. The molecule has 1 unspecified atom stereocenters. The number of amides is 2. The highest BCUT2D eigenvalue weighted by Crippen LogP contribution is 2.38. The van der Waals surface area contributed by atoms with E-state index in [1.165, 1.54) is 9.80 Å². The minimum absolute atomic E-state index is 0.0181. The van der Waals surface area contributed by atoms with Gasteiger partial charge in [0.15, 0.2) is 6.10 Å². The second-order valence-corrected chi connectivity index (χ2v) is 7.59. The van der Waals surface area contributed by atoms with Crippen LogP contribution in [0.15, 0.2) is 24.3 Å². The van der Waals surface area contributed by atoms with Crippen molar-refractivity contribution in [3.63, 3.8) is 0 Å². The van der Waals surface area contributed by atoms with E-state index in [2.05, 4.69) is 0 Å². The van der Waals surface area contributed by atoms with E-state index >= 15 is 0 Å². The van der Waals surface area contributed by atoms with Gasteiger partial charge < -0.3 is 10.5 Å². The van der Waals surface area contributed by atoms with Crippen LogP contribution in [-0.2, 0) is 9.53 Å². The maximum atomic E-state index is 12.6. The highest BCUT2D eigenvalue weighted by Gasteiger charge is 2.43. The van der Waals surface area contributed by atoms with Gasteiger partial charge >= 0.3 is 12.3 Å². The number of piperidine rings is 1. The first-order chi connectivity index (χ1) is 13.1. The number of benzene rings is 1. The lowest BCUT2D eigenvalue weighted by atomic mass is 9.84. The van der Waals surface area contributed by atoms with Gasteiger partial charge in [-0.15, -0.1) is 0 Å². The fourth-order valence-electron chi connectivity index (χ4n) is 3.90. The number of likely N-dealkylation sites (tertiary alicyclic amines) is 1. The summed E-state index contributed by atoms with van der Waals surface area (Å²) in [6, 6.07) is 6.51. The molecule has 2 fully saturated rings. The first kappa shape index (κ1) is 20.7. The number of halogens is 4. The number of alkyl halides is 3. The van der Waals surface area contributed by atoms with Crippen molar-refractivity contribution >= 4 is 23.6 Å². The molecule has 2 N–H and O–H groups in total. The molecule has 2 atom stereocenters. The molecule has 2 saturated heterocycles. The quantitative estimate of drug-likeness (QED) is 0.796. The normalized spacial score (nSPS) is 22.9. The Morgan fingerprint density at radius 3 is 2.36 bits per heavy atom. The molecule has 0 radical (unpaired) electrons. The van der Waals surface area contributed by atoms with Crippen LogP contribution in [0, 0.1) is 5.92 Å². The minimum Gasteiger partial charge on any atom is -0.434 e. The average molecular weight is 420 g/mol. The van der Waals surface area contributed by atoms with Crippen LogP contribution >= 0.6 is 11.6 Å².